The number of aromatic nitrogens is 2. The van der Waals surface area contributed by atoms with E-state index in [0.29, 0.717) is 17.9 Å². The Kier molecular flexibility index (Phi) is 3.58. The van der Waals surface area contributed by atoms with Gasteiger partial charge in [0, 0.05) is 25.4 Å². The number of hydrogen-bond donors (Lipinski definition) is 2. The second-order valence-corrected chi connectivity index (χ2v) is 6.73. The molecule has 6 heteroatoms. The molecule has 0 bridgehead atoms. The first-order chi connectivity index (χ1) is 9.65. The number of benzene rings is 1. The van der Waals surface area contributed by atoms with Crippen LogP contribution >= 0.6 is 0 Å². The van der Waals surface area contributed by atoms with Crippen molar-refractivity contribution in [2.24, 2.45) is 0 Å². The minimum absolute atomic E-state index is 0.340. The van der Waals surface area contributed by atoms with Gasteiger partial charge in [0.2, 0.25) is 10.0 Å². The van der Waals surface area contributed by atoms with E-state index in [1.54, 1.807) is 24.5 Å². The van der Waals surface area contributed by atoms with Gasteiger partial charge in [-0.1, -0.05) is 6.07 Å². The van der Waals surface area contributed by atoms with Gasteiger partial charge < -0.3 is 4.98 Å². The molecule has 106 valence electrons. The van der Waals surface area contributed by atoms with Crippen molar-refractivity contribution in [3.05, 3.63) is 47.5 Å². The summed E-state index contributed by atoms with van der Waals surface area (Å²) >= 11 is 0. The molecule has 0 unspecified atom stereocenters. The largest absolute Gasteiger partial charge is 0.349 e. The molecule has 0 aliphatic heterocycles. The van der Waals surface area contributed by atoms with Crippen LogP contribution in [0.1, 0.15) is 23.4 Å². The molecule has 2 N–H and O–H groups in total. The predicted molar refractivity (Wildman–Crippen MR) is 75.9 cm³/mol. The lowest BCUT2D eigenvalue weighted by molar-refractivity contribution is 0.581. The lowest BCUT2D eigenvalue weighted by Crippen LogP contribution is -2.26. The number of aryl methyl sites for hydroxylation is 2. The number of H-pyrrole nitrogens is 1. The normalized spacial score (nSPS) is 14.4. The van der Waals surface area contributed by atoms with Crippen LogP contribution in [0.5, 0.6) is 0 Å². The fourth-order valence-corrected chi connectivity index (χ4v) is 3.62. The molecule has 1 heterocycles. The van der Waals surface area contributed by atoms with Crippen LogP contribution in [-0.2, 0) is 29.3 Å². The maximum absolute atomic E-state index is 12.2. The molecule has 0 atom stereocenters. The Morgan fingerprint density at radius 3 is 2.90 bits per heavy atom. The molecular formula is C14H17N3O2S. The Balaban J connectivity index is 1.68. The van der Waals surface area contributed by atoms with Gasteiger partial charge in [-0.15, -0.1) is 0 Å². The highest BCUT2D eigenvalue weighted by atomic mass is 32.2. The summed E-state index contributed by atoms with van der Waals surface area (Å²) in [6.45, 7) is 0.340. The summed E-state index contributed by atoms with van der Waals surface area (Å²) in [5.41, 5.74) is 2.44. The van der Waals surface area contributed by atoms with Gasteiger partial charge >= 0.3 is 0 Å². The predicted octanol–water partition coefficient (Wildman–Crippen LogP) is 1.42. The average molecular weight is 291 g/mol. The number of imidazole rings is 1. The van der Waals surface area contributed by atoms with Gasteiger partial charge in [0.1, 0.15) is 5.82 Å². The van der Waals surface area contributed by atoms with E-state index in [1.807, 2.05) is 6.07 Å². The van der Waals surface area contributed by atoms with Gasteiger partial charge in [0.05, 0.1) is 4.90 Å². The van der Waals surface area contributed by atoms with E-state index in [0.717, 1.165) is 25.1 Å². The van der Waals surface area contributed by atoms with Crippen molar-refractivity contribution in [2.45, 2.75) is 30.6 Å². The van der Waals surface area contributed by atoms with Crippen LogP contribution in [0.4, 0.5) is 0 Å². The third-order valence-electron chi connectivity index (χ3n) is 3.59. The second-order valence-electron chi connectivity index (χ2n) is 4.97. The Morgan fingerprint density at radius 2 is 2.10 bits per heavy atom. The molecule has 20 heavy (non-hydrogen) atoms. The molecule has 1 aliphatic rings. The fraction of sp³-hybridized carbons (Fsp3) is 0.357. The van der Waals surface area contributed by atoms with Gasteiger partial charge in [0.15, 0.2) is 0 Å². The van der Waals surface area contributed by atoms with E-state index >= 15 is 0 Å². The summed E-state index contributed by atoms with van der Waals surface area (Å²) in [7, 11) is -3.43. The number of sulfonamides is 1. The van der Waals surface area contributed by atoms with Crippen molar-refractivity contribution in [1.82, 2.24) is 14.7 Å². The van der Waals surface area contributed by atoms with E-state index in [1.165, 1.54) is 11.1 Å². The van der Waals surface area contributed by atoms with Crippen molar-refractivity contribution < 1.29 is 8.42 Å². The summed E-state index contributed by atoms with van der Waals surface area (Å²) in [5.74, 6) is 0.779. The van der Waals surface area contributed by atoms with Crippen LogP contribution < -0.4 is 4.72 Å². The van der Waals surface area contributed by atoms with Gasteiger partial charge in [-0.2, -0.15) is 0 Å². The highest BCUT2D eigenvalue weighted by molar-refractivity contribution is 7.89. The molecule has 1 aliphatic carbocycles. The summed E-state index contributed by atoms with van der Waals surface area (Å²) in [4.78, 5) is 7.38. The molecule has 1 aromatic heterocycles. The second kappa shape index (κ2) is 5.38. The molecule has 1 aromatic carbocycles. The van der Waals surface area contributed by atoms with Crippen molar-refractivity contribution in [2.75, 3.05) is 6.54 Å². The SMILES string of the molecule is O=S(=O)(NCCc1ncc[nH]1)c1ccc2c(c1)CCC2. The van der Waals surface area contributed by atoms with E-state index < -0.39 is 10.0 Å². The Labute approximate surface area is 118 Å². The van der Waals surface area contributed by atoms with Crippen molar-refractivity contribution >= 4 is 10.0 Å². The van der Waals surface area contributed by atoms with Crippen LogP contribution in [0.3, 0.4) is 0 Å². The lowest BCUT2D eigenvalue weighted by atomic mass is 10.1. The Hall–Kier alpha value is -1.66. The van der Waals surface area contributed by atoms with Gasteiger partial charge in [-0.25, -0.2) is 18.1 Å². The Bertz CT molecular complexity index is 693. The molecule has 0 saturated heterocycles. The first-order valence-corrected chi connectivity index (χ1v) is 8.23. The molecule has 0 amide bonds. The number of nitrogens with zero attached hydrogens (tertiary/aromatic N) is 1. The summed E-state index contributed by atoms with van der Waals surface area (Å²) < 4.78 is 27.1. The number of aromatic amines is 1. The standard InChI is InChI=1S/C14H17N3O2S/c18-20(19,17-7-6-14-15-8-9-16-14)13-5-4-11-2-1-3-12(11)10-13/h4-5,8-10,17H,1-3,6-7H2,(H,15,16). The molecule has 0 fully saturated rings. The zero-order valence-electron chi connectivity index (χ0n) is 11.1. The minimum atomic E-state index is -3.43. The number of hydrogen-bond acceptors (Lipinski definition) is 3. The molecular weight excluding hydrogens is 274 g/mol. The quantitative estimate of drug-likeness (QED) is 0.875. The summed E-state index contributed by atoms with van der Waals surface area (Å²) in [5, 5.41) is 0. The van der Waals surface area contributed by atoms with E-state index in [2.05, 4.69) is 14.7 Å². The lowest BCUT2D eigenvalue weighted by Gasteiger charge is -2.08. The minimum Gasteiger partial charge on any atom is -0.349 e. The molecule has 0 radical (unpaired) electrons. The summed E-state index contributed by atoms with van der Waals surface area (Å²) in [6, 6.07) is 5.43. The van der Waals surface area contributed by atoms with E-state index in [-0.39, 0.29) is 0 Å². The molecule has 2 aromatic rings. The Morgan fingerprint density at radius 1 is 1.25 bits per heavy atom. The van der Waals surface area contributed by atoms with Crippen LogP contribution in [0, 0.1) is 0 Å². The topological polar surface area (TPSA) is 74.8 Å². The van der Waals surface area contributed by atoms with Gasteiger partial charge in [-0.05, 0) is 42.5 Å². The number of rotatable bonds is 5. The zero-order valence-corrected chi connectivity index (χ0v) is 11.9. The highest BCUT2D eigenvalue weighted by Crippen LogP contribution is 2.24. The monoisotopic (exact) mass is 291 g/mol. The maximum atomic E-state index is 12.2. The van der Waals surface area contributed by atoms with Gasteiger partial charge in [-0.3, -0.25) is 0 Å². The average Bonchev–Trinajstić information content (AvgIpc) is 3.08. The first-order valence-electron chi connectivity index (χ1n) is 6.75. The third kappa shape index (κ3) is 2.76. The maximum Gasteiger partial charge on any atom is 0.240 e. The first kappa shape index (κ1) is 13.3. The van der Waals surface area contributed by atoms with Crippen LogP contribution in [0.15, 0.2) is 35.5 Å². The molecule has 3 rings (SSSR count). The van der Waals surface area contributed by atoms with E-state index in [9.17, 15) is 8.42 Å². The smallest absolute Gasteiger partial charge is 0.240 e. The van der Waals surface area contributed by atoms with Crippen LogP contribution in [0.2, 0.25) is 0 Å². The van der Waals surface area contributed by atoms with Crippen LogP contribution in [-0.4, -0.2) is 24.9 Å². The zero-order chi connectivity index (χ0) is 14.0. The number of nitrogens with one attached hydrogen (secondary N) is 2. The highest BCUT2D eigenvalue weighted by Gasteiger charge is 2.18. The molecule has 0 saturated carbocycles. The fourth-order valence-electron chi connectivity index (χ4n) is 2.54. The molecule has 5 nitrogen and oxygen atoms in total. The number of fused-ring (bicyclic) bond motifs is 1. The summed E-state index contributed by atoms with van der Waals surface area (Å²) in [6.07, 6.45) is 7.09. The van der Waals surface area contributed by atoms with Crippen molar-refractivity contribution in [3.63, 3.8) is 0 Å². The van der Waals surface area contributed by atoms with Crippen molar-refractivity contribution in [1.29, 1.82) is 0 Å². The molecule has 0 spiro atoms. The third-order valence-corrected chi connectivity index (χ3v) is 5.05. The van der Waals surface area contributed by atoms with Crippen LogP contribution in [0.25, 0.3) is 0 Å². The van der Waals surface area contributed by atoms with Crippen molar-refractivity contribution in [3.8, 4) is 0 Å². The van der Waals surface area contributed by atoms with E-state index in [4.69, 9.17) is 0 Å². The van der Waals surface area contributed by atoms with Gasteiger partial charge in [0.25, 0.3) is 0 Å².